The number of hydrogen-bond acceptors (Lipinski definition) is 6. The lowest BCUT2D eigenvalue weighted by atomic mass is 10.0. The van der Waals surface area contributed by atoms with Gasteiger partial charge in [-0.3, -0.25) is 0 Å². The Morgan fingerprint density at radius 2 is 2.00 bits per heavy atom. The van der Waals surface area contributed by atoms with E-state index in [-0.39, 0.29) is 6.61 Å². The van der Waals surface area contributed by atoms with Crippen LogP contribution in [-0.2, 0) is 7.05 Å². The Labute approximate surface area is 163 Å². The van der Waals surface area contributed by atoms with Gasteiger partial charge >= 0.3 is 0 Å². The van der Waals surface area contributed by atoms with E-state index in [2.05, 4.69) is 30.1 Å². The molecular weight excluding hydrogens is 362 g/mol. The number of aliphatic hydroxyl groups is 1. The van der Waals surface area contributed by atoms with Crippen molar-refractivity contribution in [1.29, 1.82) is 0 Å². The van der Waals surface area contributed by atoms with Gasteiger partial charge in [0.2, 0.25) is 0 Å². The van der Waals surface area contributed by atoms with Crippen molar-refractivity contribution in [3.05, 3.63) is 47.9 Å². The van der Waals surface area contributed by atoms with E-state index in [4.69, 9.17) is 9.15 Å². The van der Waals surface area contributed by atoms with Gasteiger partial charge in [-0.05, 0) is 30.5 Å². The Balaban J connectivity index is 1.57. The van der Waals surface area contributed by atoms with Crippen molar-refractivity contribution >= 4 is 11.8 Å². The predicted molar refractivity (Wildman–Crippen MR) is 106 cm³/mol. The van der Waals surface area contributed by atoms with Crippen LogP contribution >= 0.6 is 11.8 Å². The third-order valence-electron chi connectivity index (χ3n) is 4.31. The number of thioether (sulfide) groups is 1. The zero-order chi connectivity index (χ0) is 19.4. The van der Waals surface area contributed by atoms with Gasteiger partial charge in [0.05, 0.1) is 17.9 Å². The number of furan rings is 1. The van der Waals surface area contributed by atoms with E-state index in [0.29, 0.717) is 11.7 Å². The van der Waals surface area contributed by atoms with E-state index >= 15 is 0 Å². The number of benzene rings is 1. The summed E-state index contributed by atoms with van der Waals surface area (Å²) in [5.41, 5.74) is 2.07. The van der Waals surface area contributed by atoms with Crippen LogP contribution in [0, 0.1) is 6.92 Å². The molecular formula is C20H25N3O3S. The van der Waals surface area contributed by atoms with Crippen molar-refractivity contribution < 1.29 is 14.3 Å². The van der Waals surface area contributed by atoms with Crippen LogP contribution in [0.25, 0.3) is 11.4 Å². The smallest absolute Gasteiger partial charge is 0.191 e. The minimum atomic E-state index is -0.606. The van der Waals surface area contributed by atoms with Crippen molar-refractivity contribution in [2.24, 2.45) is 7.05 Å². The molecule has 144 valence electrons. The fraction of sp³-hybridized carbons (Fsp3) is 0.400. The van der Waals surface area contributed by atoms with Crippen molar-refractivity contribution in [2.75, 3.05) is 12.4 Å². The van der Waals surface area contributed by atoms with E-state index in [1.807, 2.05) is 42.8 Å². The molecule has 0 aliphatic rings. The minimum absolute atomic E-state index is 0.238. The maximum absolute atomic E-state index is 10.3. The van der Waals surface area contributed by atoms with Gasteiger partial charge in [-0.25, -0.2) is 0 Å². The predicted octanol–water partition coefficient (Wildman–Crippen LogP) is 4.04. The Hall–Kier alpha value is -2.25. The Bertz CT molecular complexity index is 888. The Kier molecular flexibility index (Phi) is 6.23. The molecule has 0 radical (unpaired) electrons. The zero-order valence-corrected chi connectivity index (χ0v) is 16.9. The lowest BCUT2D eigenvalue weighted by Crippen LogP contribution is -2.20. The second-order valence-electron chi connectivity index (χ2n) is 6.72. The minimum Gasteiger partial charge on any atom is -0.491 e. The number of rotatable bonds is 8. The van der Waals surface area contributed by atoms with Crippen molar-refractivity contribution in [2.45, 2.75) is 37.9 Å². The summed E-state index contributed by atoms with van der Waals surface area (Å²) in [4.78, 5) is 0. The van der Waals surface area contributed by atoms with Crippen molar-refractivity contribution in [1.82, 2.24) is 14.8 Å². The van der Waals surface area contributed by atoms with Crippen LogP contribution in [0.4, 0.5) is 0 Å². The summed E-state index contributed by atoms with van der Waals surface area (Å²) in [7, 11) is 1.91. The summed E-state index contributed by atoms with van der Waals surface area (Å²) in [6.07, 6.45) is 1.04. The highest BCUT2D eigenvalue weighted by Gasteiger charge is 2.16. The number of aromatic nitrogens is 3. The van der Waals surface area contributed by atoms with E-state index in [0.717, 1.165) is 33.6 Å². The molecule has 6 nitrogen and oxygen atoms in total. The van der Waals surface area contributed by atoms with Gasteiger partial charge in [0.25, 0.3) is 0 Å². The van der Waals surface area contributed by atoms with E-state index in [1.165, 1.54) is 11.8 Å². The normalized spacial score (nSPS) is 12.5. The highest BCUT2D eigenvalue weighted by atomic mass is 32.2. The highest BCUT2D eigenvalue weighted by molar-refractivity contribution is 7.99. The lowest BCUT2D eigenvalue weighted by Gasteiger charge is -2.16. The molecule has 1 atom stereocenters. The molecule has 7 heteroatoms. The maximum Gasteiger partial charge on any atom is 0.191 e. The van der Waals surface area contributed by atoms with Gasteiger partial charge in [0.15, 0.2) is 11.0 Å². The Morgan fingerprint density at radius 1 is 1.22 bits per heavy atom. The van der Waals surface area contributed by atoms with Crippen LogP contribution < -0.4 is 4.74 Å². The van der Waals surface area contributed by atoms with Crippen LogP contribution in [0.15, 0.2) is 46.2 Å². The van der Waals surface area contributed by atoms with Crippen molar-refractivity contribution in [3.8, 4) is 17.1 Å². The third-order valence-corrected chi connectivity index (χ3v) is 5.48. The van der Waals surface area contributed by atoms with Crippen molar-refractivity contribution in [3.63, 3.8) is 0 Å². The number of aryl methyl sites for hydroxylation is 1. The molecule has 0 bridgehead atoms. The molecule has 0 aliphatic carbocycles. The third kappa shape index (κ3) is 4.54. The van der Waals surface area contributed by atoms with Gasteiger partial charge in [0, 0.05) is 12.8 Å². The van der Waals surface area contributed by atoms with Gasteiger partial charge in [-0.15, -0.1) is 10.2 Å². The first kappa shape index (κ1) is 19.5. The number of nitrogens with zero attached hydrogens (tertiary/aromatic N) is 3. The van der Waals surface area contributed by atoms with Crippen LogP contribution in [0.3, 0.4) is 0 Å². The van der Waals surface area contributed by atoms with Crippen LogP contribution in [0.1, 0.15) is 31.1 Å². The molecule has 0 spiro atoms. The molecule has 0 saturated heterocycles. The summed E-state index contributed by atoms with van der Waals surface area (Å²) in [6.45, 7) is 6.39. The molecule has 1 N–H and O–H groups in total. The summed E-state index contributed by atoms with van der Waals surface area (Å²) in [5, 5.41) is 19.5. The number of para-hydroxylation sites is 1. The molecule has 0 fully saturated rings. The van der Waals surface area contributed by atoms with Gasteiger partial charge in [-0.1, -0.05) is 43.8 Å². The van der Waals surface area contributed by atoms with Crippen LogP contribution in [0.2, 0.25) is 0 Å². The summed E-state index contributed by atoms with van der Waals surface area (Å²) in [5.74, 6) is 3.23. The van der Waals surface area contributed by atoms with Crippen LogP contribution in [0.5, 0.6) is 5.75 Å². The van der Waals surface area contributed by atoms with Gasteiger partial charge < -0.3 is 18.8 Å². The average molecular weight is 388 g/mol. The van der Waals surface area contributed by atoms with E-state index in [9.17, 15) is 5.11 Å². The quantitative estimate of drug-likeness (QED) is 0.588. The second-order valence-corrected chi connectivity index (χ2v) is 7.71. The topological polar surface area (TPSA) is 73.3 Å². The standard InChI is InChI=1S/C20H25N3O3S/c1-13(2)16-7-5-6-8-18(16)26-11-15(24)12-27-20-22-21-19(23(20)4)17-9-10-25-14(17)3/h5-10,13,15,24H,11-12H2,1-4H3/t15-/m0/s1. The first-order valence-corrected chi connectivity index (χ1v) is 9.92. The monoisotopic (exact) mass is 387 g/mol. The highest BCUT2D eigenvalue weighted by Crippen LogP contribution is 2.27. The fourth-order valence-electron chi connectivity index (χ4n) is 2.79. The number of aliphatic hydroxyl groups excluding tert-OH is 1. The molecule has 2 aromatic heterocycles. The molecule has 3 rings (SSSR count). The SMILES string of the molecule is Cc1occc1-c1nnc(SC[C@@H](O)COc2ccccc2C(C)C)n1C. The van der Waals surface area contributed by atoms with Gasteiger partial charge in [-0.2, -0.15) is 0 Å². The first-order valence-electron chi connectivity index (χ1n) is 8.93. The fourth-order valence-corrected chi connectivity index (χ4v) is 3.60. The molecule has 27 heavy (non-hydrogen) atoms. The van der Waals surface area contributed by atoms with E-state index in [1.54, 1.807) is 6.26 Å². The molecule has 0 saturated carbocycles. The summed E-state index contributed by atoms with van der Waals surface area (Å²) < 4.78 is 13.1. The molecule has 0 amide bonds. The molecule has 3 aromatic rings. The maximum atomic E-state index is 10.3. The molecule has 0 aliphatic heterocycles. The first-order chi connectivity index (χ1) is 13.0. The number of hydrogen-bond donors (Lipinski definition) is 1. The number of ether oxygens (including phenoxy) is 1. The molecule has 0 unspecified atom stereocenters. The summed E-state index contributed by atoms with van der Waals surface area (Å²) in [6, 6.07) is 9.82. The lowest BCUT2D eigenvalue weighted by molar-refractivity contribution is 0.125. The summed E-state index contributed by atoms with van der Waals surface area (Å²) >= 11 is 1.45. The molecule has 1 aromatic carbocycles. The van der Waals surface area contributed by atoms with Gasteiger partial charge in [0.1, 0.15) is 18.1 Å². The zero-order valence-electron chi connectivity index (χ0n) is 16.0. The largest absolute Gasteiger partial charge is 0.491 e. The Morgan fingerprint density at radius 3 is 2.70 bits per heavy atom. The van der Waals surface area contributed by atoms with Crippen LogP contribution in [-0.4, -0.2) is 38.3 Å². The second kappa shape index (κ2) is 8.63. The molecule has 2 heterocycles. The average Bonchev–Trinajstić information content (AvgIpc) is 3.23. The van der Waals surface area contributed by atoms with E-state index < -0.39 is 6.10 Å².